The zero-order chi connectivity index (χ0) is 108. The number of carboxylic acid groups (broad SMARTS) is 1. The Morgan fingerprint density at radius 2 is 0.735 bits per heavy atom. The maximum atomic E-state index is 15.0. The molecule has 4 saturated heterocycles. The zero-order valence-corrected chi connectivity index (χ0v) is 87.6. The van der Waals surface area contributed by atoms with Crippen molar-refractivity contribution in [3.8, 4) is 0 Å². The highest BCUT2D eigenvalue weighted by molar-refractivity contribution is 5.96. The van der Waals surface area contributed by atoms with Crippen molar-refractivity contribution in [3.05, 3.63) is 213 Å². The average Bonchev–Trinajstić information content (AvgIpc) is 0.675. The van der Waals surface area contributed by atoms with Gasteiger partial charge < -0.3 is 103 Å². The third-order valence-corrected chi connectivity index (χ3v) is 36.4. The van der Waals surface area contributed by atoms with Gasteiger partial charge in [0, 0.05) is 105 Å². The van der Waals surface area contributed by atoms with Crippen molar-refractivity contribution in [1.29, 1.82) is 0 Å². The van der Waals surface area contributed by atoms with Gasteiger partial charge in [0.2, 0.25) is 5.91 Å². The number of aliphatic hydroxyl groups excluding tert-OH is 6. The summed E-state index contributed by atoms with van der Waals surface area (Å²) in [6, 6.07) is 44.4. The molecule has 33 nitrogen and oxygen atoms in total. The number of hydrogen-bond acceptors (Lipinski definition) is 31. The molecule has 18 rings (SSSR count). The Morgan fingerprint density at radius 1 is 0.435 bits per heavy atom. The summed E-state index contributed by atoms with van der Waals surface area (Å²) in [6.45, 7) is 34.7. The Morgan fingerprint density at radius 3 is 1.05 bits per heavy atom. The fraction of sp³-hybridized carbons (Fsp3) is 0.579. The van der Waals surface area contributed by atoms with Crippen molar-refractivity contribution in [2.24, 2.45) is 79.8 Å². The number of ketones is 3. The highest BCUT2D eigenvalue weighted by Crippen LogP contribution is 2.70. The van der Waals surface area contributed by atoms with Crippen LogP contribution in [-0.2, 0) is 90.5 Å². The fourth-order valence-electron chi connectivity index (χ4n) is 28.2. The number of Topliss-reactive ketones (excluding diaryl/α,β-unsaturated/α-hetero) is 3. The van der Waals surface area contributed by atoms with Crippen molar-refractivity contribution < 1.29 is 156 Å². The van der Waals surface area contributed by atoms with E-state index in [9.17, 15) is 88.8 Å². The van der Waals surface area contributed by atoms with E-state index in [2.05, 4.69) is 12.1 Å². The van der Waals surface area contributed by atoms with Gasteiger partial charge in [-0.1, -0.05) is 205 Å². The summed E-state index contributed by atoms with van der Waals surface area (Å²) in [7, 11) is 1.86. The quantitative estimate of drug-likeness (QED) is 0.0201. The molecular weight excluding hydrogens is 1900 g/mol. The number of aliphatic hydroxyl groups is 9. The zero-order valence-electron chi connectivity index (χ0n) is 87.6. The van der Waals surface area contributed by atoms with E-state index in [-0.39, 0.29) is 104 Å². The van der Waals surface area contributed by atoms with Gasteiger partial charge in [0.15, 0.2) is 22.9 Å². The largest absolute Gasteiger partial charge is 0.480 e. The predicted molar refractivity (Wildman–Crippen MR) is 529 cm³/mol. The number of carbonyl (C=O) groups is 12. The first-order valence-electron chi connectivity index (χ1n) is 50.6. The average molecular weight is 2040 g/mol. The van der Waals surface area contributed by atoms with Crippen LogP contribution in [0, 0.1) is 79.8 Å². The number of hydrogen-bond donors (Lipinski definition) is 10. The lowest BCUT2D eigenvalue weighted by atomic mass is 9.42. The maximum absolute atomic E-state index is 15.0. The predicted octanol–water partition coefficient (Wildman–Crippen LogP) is 11.0. The van der Waals surface area contributed by atoms with Crippen LogP contribution < -0.4 is 0 Å². The minimum Gasteiger partial charge on any atom is -0.480 e. The molecule has 9 aliphatic carbocycles. The molecule has 13 aliphatic rings. The normalized spacial score (nSPS) is 38.0. The first-order valence-corrected chi connectivity index (χ1v) is 50.6. The Balaban J connectivity index is 0.000000161. The maximum Gasteiger partial charge on any atom is 0.338 e. The van der Waals surface area contributed by atoms with E-state index in [1.54, 1.807) is 203 Å². The van der Waals surface area contributed by atoms with Gasteiger partial charge in [0.05, 0.1) is 101 Å². The van der Waals surface area contributed by atoms with Crippen molar-refractivity contribution in [2.75, 3.05) is 33.5 Å². The van der Waals surface area contributed by atoms with Crippen LogP contribution in [0.3, 0.4) is 0 Å². The van der Waals surface area contributed by atoms with Gasteiger partial charge in [-0.15, -0.1) is 0 Å². The van der Waals surface area contributed by atoms with Crippen molar-refractivity contribution in [3.63, 3.8) is 0 Å². The Hall–Kier alpha value is -10.9. The van der Waals surface area contributed by atoms with E-state index >= 15 is 4.79 Å². The molecular formula is C114H143NO32. The summed E-state index contributed by atoms with van der Waals surface area (Å²) in [6.07, 6.45) is -14.0. The molecule has 6 bridgehead atoms. The number of rotatable bonds is 15. The van der Waals surface area contributed by atoms with E-state index in [1.807, 2.05) is 72.9 Å². The molecule has 31 atom stereocenters. The number of nitrogens with zero attached hydrogens (tertiary/aromatic N) is 1. The lowest BCUT2D eigenvalue weighted by Gasteiger charge is -2.68. The van der Waals surface area contributed by atoms with Crippen LogP contribution in [0.5, 0.6) is 0 Å². The van der Waals surface area contributed by atoms with Gasteiger partial charge in [-0.2, -0.15) is 0 Å². The van der Waals surface area contributed by atoms with Gasteiger partial charge in [0.1, 0.15) is 83.5 Å². The van der Waals surface area contributed by atoms with E-state index in [0.717, 1.165) is 5.56 Å². The van der Waals surface area contributed by atoms with Gasteiger partial charge in [0.25, 0.3) is 0 Å². The Labute approximate surface area is 856 Å². The number of carboxylic acids is 1. The summed E-state index contributed by atoms with van der Waals surface area (Å²) in [5.74, 6) is -13.2. The number of ether oxygens (including phenoxy) is 10. The molecule has 4 aliphatic heterocycles. The van der Waals surface area contributed by atoms with Gasteiger partial charge in [-0.25, -0.2) is 24.0 Å². The van der Waals surface area contributed by atoms with Crippen molar-refractivity contribution >= 4 is 71.0 Å². The van der Waals surface area contributed by atoms with Crippen LogP contribution in [0.4, 0.5) is 0 Å². The Bertz CT molecular complexity index is 5800. The molecule has 147 heavy (non-hydrogen) atoms. The molecule has 1 amide bonds. The highest BCUT2D eigenvalue weighted by Gasteiger charge is 2.82. The molecule has 0 unspecified atom stereocenters. The number of likely N-dealkylation sites (tertiary alicyclic amines) is 1. The van der Waals surface area contributed by atoms with Crippen LogP contribution in [0.1, 0.15) is 238 Å². The molecule has 10 N–H and O–H groups in total. The molecule has 0 aromatic heterocycles. The second-order valence-corrected chi connectivity index (χ2v) is 45.1. The SMILES string of the molecule is CC(=O)O[C@@]12CO[C@@H]1C[C@H](C)[C@@]1(C)C(=O)[C@H](C)C3=C(C)[C@@H](O)C[C@@](O)([C@@H](OC(=O)c4ccccc4)[C@H]21)C3(C)C.CC(=O)O[C@@]12CO[C@@H]1C[C@H](O)[C@@]1(C)C(=O)[C@H](C)C3=C(C)[C@@H](O)C[C@@](O)([C@@H](OC(=O)c4ccccc4)[C@H]21)C3(C)C.CC(=O)O[C@@]12CO[C@@H]1C[C@H](O)[C@@]1(C)C(=O)[C@H](C)C3=C(C)[C@@H](OC(=O)[C@H](O)[C@@H](C)c4ccccc4)C[C@@](O)([C@@H](OC(=O)c4ccccc4)[C@H]21)C3(C)C.C[C@H]1C(=O)N(C)[C@H]1c1ccccc1.O=C(O)CO. The molecule has 5 aromatic carbocycles. The molecule has 6 saturated carbocycles. The van der Waals surface area contributed by atoms with E-state index in [1.165, 1.54) is 26.3 Å². The van der Waals surface area contributed by atoms with Crippen LogP contribution >= 0.6 is 0 Å². The number of β-lactam (4-membered cyclic amide) rings is 1. The topological polar surface area (TPSA) is 503 Å². The molecule has 4 heterocycles. The lowest BCUT2D eigenvalue weighted by Crippen LogP contribution is -2.81. The Kier molecular flexibility index (Phi) is 31.0. The van der Waals surface area contributed by atoms with Crippen molar-refractivity contribution in [2.45, 2.75) is 303 Å². The smallest absolute Gasteiger partial charge is 0.338 e. The first-order chi connectivity index (χ1) is 68.6. The standard InChI is InChI=1S/C40H48O11.C31H40O8.C30H38O9.C11H13NO.C2H4O3/c1-21(25-14-10-8-11-15-25)31(43)36(46)49-27-19-40(47)34(50-35(45)26-16-12-9-13-17-26)32-38(7,33(44)23(3)30(22(27)2)37(40,5)6)28(42)18-29-39(32,20-48-29)51-24(4)41;1-16-13-22-30(15-37-22,39-19(4)32)24-26(38-27(35)20-11-9-8-10-12-20)31(36)14-21(33)17(2)23(28(31,5)6)18(3)25(34)29(16,24)7;1-15-19(32)13-30(36)25(38-26(35)18-10-8-7-9-11-18)23-28(6,24(34)16(2)22(15)27(30,4)5)20(33)12-21-29(23,14-37-21)39-17(3)31;1-8-10(12(2)11(8)13)9-6-4-3-5-7-9;3-1-2(4)5/h8-17,21,23,27-29,31-32,34,42-43,47H,18-20H2,1-7H3;8-12,16,18,21-22,24,26,33,36H,13-15H2,1-7H3;7-11,16,19-21,23,25,32-33,36H,12-14H2,1-6H3;3-8,10H,1-2H3;3H,1H2,(H,4,5)/t21-,23+,27-,28-,29+,31+,32-,34-,38+,39-,40+;16-,18+,21-,22+,24-,26-,29+,30-,31+;16-,19+,20+,21-,23+,25+,28-,29+,30-;8-,10-;/m0011./s1. The fourth-order valence-corrected chi connectivity index (χ4v) is 28.2. The second-order valence-electron chi connectivity index (χ2n) is 45.1. The number of esters is 7. The summed E-state index contributed by atoms with van der Waals surface area (Å²) in [5.41, 5.74) is -11.9. The summed E-state index contributed by atoms with van der Waals surface area (Å²) in [5, 5.41) is 111. The minimum absolute atomic E-state index is 0.0199. The third-order valence-electron chi connectivity index (χ3n) is 36.4. The second kappa shape index (κ2) is 40.8. The van der Waals surface area contributed by atoms with Crippen LogP contribution in [0.25, 0.3) is 0 Å². The molecule has 796 valence electrons. The monoisotopic (exact) mass is 2040 g/mol. The molecule has 33 heteroatoms. The molecule has 5 aromatic rings. The lowest BCUT2D eigenvalue weighted by molar-refractivity contribution is -0.345. The van der Waals surface area contributed by atoms with Gasteiger partial charge >= 0.3 is 47.8 Å². The highest BCUT2D eigenvalue weighted by atomic mass is 16.7. The first kappa shape index (κ1) is 112. The number of benzene rings is 5. The molecule has 10 fully saturated rings. The van der Waals surface area contributed by atoms with E-state index in [0.29, 0.717) is 39.9 Å². The molecule has 0 spiro atoms. The summed E-state index contributed by atoms with van der Waals surface area (Å²) >= 11 is 0. The summed E-state index contributed by atoms with van der Waals surface area (Å²) in [4.78, 5) is 159. The van der Waals surface area contributed by atoms with Crippen LogP contribution in [0.15, 0.2) is 185 Å². The number of fused-ring (bicyclic) bond motifs is 15. The van der Waals surface area contributed by atoms with Crippen LogP contribution in [-0.4, -0.2) is 267 Å². The minimum atomic E-state index is -2.08. The number of amides is 1. The van der Waals surface area contributed by atoms with E-state index < -0.39 is 241 Å². The summed E-state index contributed by atoms with van der Waals surface area (Å²) < 4.78 is 60.6. The van der Waals surface area contributed by atoms with Gasteiger partial charge in [-0.05, 0) is 128 Å². The number of carbonyl (C=O) groups excluding carboxylic acids is 11. The molecule has 0 radical (unpaired) electrons. The van der Waals surface area contributed by atoms with Crippen molar-refractivity contribution in [1.82, 2.24) is 4.90 Å². The third kappa shape index (κ3) is 18.0. The van der Waals surface area contributed by atoms with E-state index in [4.69, 9.17) is 62.4 Å². The van der Waals surface area contributed by atoms with Crippen LogP contribution in [0.2, 0.25) is 0 Å². The van der Waals surface area contributed by atoms with Gasteiger partial charge in [-0.3, -0.25) is 33.6 Å². The number of aliphatic carboxylic acids is 1.